The number of fused-ring (bicyclic) bond motifs is 2. The maximum Gasteiger partial charge on any atom is 0.262 e. The van der Waals surface area contributed by atoms with Crippen molar-refractivity contribution >= 4 is 29.3 Å². The van der Waals surface area contributed by atoms with Crippen molar-refractivity contribution in [1.29, 1.82) is 0 Å². The van der Waals surface area contributed by atoms with Crippen LogP contribution in [0.5, 0.6) is 5.75 Å². The number of benzene rings is 2. The molecule has 0 aliphatic carbocycles. The highest BCUT2D eigenvalue weighted by molar-refractivity contribution is 6.21. The third kappa shape index (κ3) is 3.41. The second-order valence-electron chi connectivity index (χ2n) is 7.10. The Morgan fingerprint density at radius 2 is 1.67 bits per heavy atom. The quantitative estimate of drug-likeness (QED) is 0.760. The molecule has 2 aromatic carbocycles. The van der Waals surface area contributed by atoms with Gasteiger partial charge in [0, 0.05) is 20.0 Å². The van der Waals surface area contributed by atoms with Gasteiger partial charge in [0.1, 0.15) is 5.75 Å². The molecule has 0 saturated carbocycles. The molecule has 2 aliphatic heterocycles. The van der Waals surface area contributed by atoms with Gasteiger partial charge in [-0.1, -0.05) is 24.3 Å². The number of para-hydroxylation sites is 2. The summed E-state index contributed by atoms with van der Waals surface area (Å²) in [7, 11) is 1.51. The van der Waals surface area contributed by atoms with Crippen LogP contribution in [-0.2, 0) is 9.59 Å². The Hall–Kier alpha value is -3.68. The van der Waals surface area contributed by atoms with Gasteiger partial charge >= 0.3 is 0 Å². The number of hydrogen-bond donors (Lipinski definition) is 1. The smallest absolute Gasteiger partial charge is 0.262 e. The molecule has 0 radical (unpaired) electrons. The molecule has 2 aliphatic rings. The van der Waals surface area contributed by atoms with E-state index >= 15 is 0 Å². The second-order valence-corrected chi connectivity index (χ2v) is 7.10. The van der Waals surface area contributed by atoms with Gasteiger partial charge in [-0.05, 0) is 30.7 Å². The number of imide groups is 1. The van der Waals surface area contributed by atoms with Crippen LogP contribution < -0.4 is 15.0 Å². The van der Waals surface area contributed by atoms with Crippen LogP contribution in [0.25, 0.3) is 0 Å². The van der Waals surface area contributed by atoms with Gasteiger partial charge in [-0.25, -0.2) is 0 Å². The second kappa shape index (κ2) is 7.98. The van der Waals surface area contributed by atoms with Crippen LogP contribution in [0.2, 0.25) is 0 Å². The van der Waals surface area contributed by atoms with Crippen molar-refractivity contribution in [3.63, 3.8) is 0 Å². The molecule has 1 atom stereocenters. The molecule has 0 fully saturated rings. The fourth-order valence-electron chi connectivity index (χ4n) is 3.73. The number of likely N-dealkylation sites (N-methyl/N-ethyl adjacent to an activating group) is 1. The number of rotatable bonds is 5. The molecule has 0 saturated heterocycles. The van der Waals surface area contributed by atoms with Gasteiger partial charge in [0.15, 0.2) is 6.10 Å². The Bertz CT molecular complexity index is 1000. The van der Waals surface area contributed by atoms with Gasteiger partial charge in [0.25, 0.3) is 17.7 Å². The van der Waals surface area contributed by atoms with E-state index in [-0.39, 0.29) is 43.1 Å². The lowest BCUT2D eigenvalue weighted by atomic mass is 10.1. The number of ether oxygens (including phenoxy) is 1. The van der Waals surface area contributed by atoms with Crippen molar-refractivity contribution in [2.45, 2.75) is 18.9 Å². The normalized spacial score (nSPS) is 17.3. The van der Waals surface area contributed by atoms with E-state index in [0.717, 1.165) is 0 Å². The van der Waals surface area contributed by atoms with E-state index < -0.39 is 6.10 Å². The Kier molecular flexibility index (Phi) is 5.22. The molecule has 1 N–H and O–H groups in total. The minimum absolute atomic E-state index is 0.0997. The predicted octanol–water partition coefficient (Wildman–Crippen LogP) is 1.60. The lowest BCUT2D eigenvalue weighted by Crippen LogP contribution is -2.50. The van der Waals surface area contributed by atoms with Gasteiger partial charge in [-0.2, -0.15) is 0 Å². The molecule has 154 valence electrons. The SMILES string of the molecule is CNC(=O)[C@@H]1CN(C(=O)CCCN2C(=O)c3ccccc3C2=O)c2ccccc2O1. The first kappa shape index (κ1) is 19.6. The number of nitrogens with zero attached hydrogens (tertiary/aromatic N) is 2. The lowest BCUT2D eigenvalue weighted by molar-refractivity contribution is -0.128. The molecule has 0 bridgehead atoms. The lowest BCUT2D eigenvalue weighted by Gasteiger charge is -2.34. The van der Waals surface area contributed by atoms with E-state index in [9.17, 15) is 19.2 Å². The van der Waals surface area contributed by atoms with Crippen LogP contribution in [0, 0.1) is 0 Å². The zero-order chi connectivity index (χ0) is 21.3. The Morgan fingerprint density at radius 1 is 1.03 bits per heavy atom. The minimum atomic E-state index is -0.801. The van der Waals surface area contributed by atoms with Crippen molar-refractivity contribution in [3.05, 3.63) is 59.7 Å². The fraction of sp³-hybridized carbons (Fsp3) is 0.273. The summed E-state index contributed by atoms with van der Waals surface area (Å²) in [6, 6.07) is 13.7. The first-order valence-corrected chi connectivity index (χ1v) is 9.74. The van der Waals surface area contributed by atoms with Crippen LogP contribution in [0.1, 0.15) is 33.6 Å². The van der Waals surface area contributed by atoms with Crippen LogP contribution in [-0.4, -0.2) is 54.8 Å². The molecule has 0 aromatic heterocycles. The third-order valence-electron chi connectivity index (χ3n) is 5.26. The molecule has 4 rings (SSSR count). The van der Waals surface area contributed by atoms with Gasteiger partial charge in [0.05, 0.1) is 23.4 Å². The largest absolute Gasteiger partial charge is 0.477 e. The monoisotopic (exact) mass is 407 g/mol. The zero-order valence-corrected chi connectivity index (χ0v) is 16.5. The van der Waals surface area contributed by atoms with Crippen molar-refractivity contribution in [2.75, 3.05) is 25.0 Å². The van der Waals surface area contributed by atoms with E-state index in [1.165, 1.54) is 16.8 Å². The van der Waals surface area contributed by atoms with Crippen LogP contribution in [0.15, 0.2) is 48.5 Å². The highest BCUT2D eigenvalue weighted by atomic mass is 16.5. The van der Waals surface area contributed by atoms with Crippen LogP contribution in [0.3, 0.4) is 0 Å². The number of amides is 4. The van der Waals surface area contributed by atoms with E-state index in [1.807, 2.05) is 0 Å². The first-order valence-electron chi connectivity index (χ1n) is 9.74. The standard InChI is InChI=1S/C22H21N3O5/c1-23-20(27)18-13-25(16-9-4-5-10-17(16)30-18)19(26)11-6-12-24-21(28)14-7-2-3-8-15(14)22(24)29/h2-5,7-10,18H,6,11-13H2,1H3,(H,23,27)/t18-/m0/s1. The van der Waals surface area contributed by atoms with Crippen molar-refractivity contribution in [2.24, 2.45) is 0 Å². The molecule has 30 heavy (non-hydrogen) atoms. The van der Waals surface area contributed by atoms with E-state index in [1.54, 1.807) is 48.5 Å². The summed E-state index contributed by atoms with van der Waals surface area (Å²) in [5.74, 6) is -0.713. The van der Waals surface area contributed by atoms with Crippen LogP contribution >= 0.6 is 0 Å². The Balaban J connectivity index is 1.42. The first-order chi connectivity index (χ1) is 14.5. The summed E-state index contributed by atoms with van der Waals surface area (Å²) in [5.41, 5.74) is 1.39. The number of hydrogen-bond acceptors (Lipinski definition) is 5. The van der Waals surface area contributed by atoms with Gasteiger partial charge in [-0.15, -0.1) is 0 Å². The zero-order valence-electron chi connectivity index (χ0n) is 16.5. The Labute approximate surface area is 173 Å². The third-order valence-corrected chi connectivity index (χ3v) is 5.26. The molecule has 4 amide bonds. The van der Waals surface area contributed by atoms with Crippen molar-refractivity contribution < 1.29 is 23.9 Å². The minimum Gasteiger partial charge on any atom is -0.477 e. The number of carbonyl (C=O) groups is 4. The average Bonchev–Trinajstić information content (AvgIpc) is 3.02. The number of carbonyl (C=O) groups excluding carboxylic acids is 4. The molecule has 0 spiro atoms. The summed E-state index contributed by atoms with van der Waals surface area (Å²) in [6.45, 7) is 0.255. The maximum absolute atomic E-state index is 12.9. The molecule has 8 nitrogen and oxygen atoms in total. The number of anilines is 1. The number of nitrogens with one attached hydrogen (secondary N) is 1. The van der Waals surface area contributed by atoms with Gasteiger partial charge in [-0.3, -0.25) is 24.1 Å². The topological polar surface area (TPSA) is 96.0 Å². The molecular formula is C22H21N3O5. The van der Waals surface area contributed by atoms with E-state index in [0.29, 0.717) is 29.0 Å². The Morgan fingerprint density at radius 3 is 2.33 bits per heavy atom. The van der Waals surface area contributed by atoms with Gasteiger partial charge < -0.3 is 15.0 Å². The van der Waals surface area contributed by atoms with E-state index in [4.69, 9.17) is 4.74 Å². The molecule has 2 heterocycles. The highest BCUT2D eigenvalue weighted by Gasteiger charge is 2.36. The summed E-state index contributed by atoms with van der Waals surface area (Å²) in [6.07, 6.45) is -0.346. The van der Waals surface area contributed by atoms with Crippen molar-refractivity contribution in [3.8, 4) is 5.75 Å². The maximum atomic E-state index is 12.9. The summed E-state index contributed by atoms with van der Waals surface area (Å²) in [5, 5.41) is 2.54. The summed E-state index contributed by atoms with van der Waals surface area (Å²) in [4.78, 5) is 52.6. The fourth-order valence-corrected chi connectivity index (χ4v) is 3.73. The van der Waals surface area contributed by atoms with Crippen LogP contribution in [0.4, 0.5) is 5.69 Å². The van der Waals surface area contributed by atoms with E-state index in [2.05, 4.69) is 5.32 Å². The summed E-state index contributed by atoms with van der Waals surface area (Å²) < 4.78 is 5.71. The molecular weight excluding hydrogens is 386 g/mol. The molecule has 8 heteroatoms. The predicted molar refractivity (Wildman–Crippen MR) is 108 cm³/mol. The van der Waals surface area contributed by atoms with Gasteiger partial charge in [0.2, 0.25) is 5.91 Å². The molecule has 0 unspecified atom stereocenters. The highest BCUT2D eigenvalue weighted by Crippen LogP contribution is 2.33. The average molecular weight is 407 g/mol. The van der Waals surface area contributed by atoms with Crippen molar-refractivity contribution in [1.82, 2.24) is 10.2 Å². The summed E-state index contributed by atoms with van der Waals surface area (Å²) >= 11 is 0. The molecule has 2 aromatic rings.